The molecule has 1 fully saturated rings. The second-order valence-corrected chi connectivity index (χ2v) is 9.76. The zero-order valence-electron chi connectivity index (χ0n) is 16.7. The number of carbonyl (C=O) groups is 2. The van der Waals surface area contributed by atoms with E-state index in [9.17, 15) is 18.0 Å². The second-order valence-electron chi connectivity index (χ2n) is 6.96. The Morgan fingerprint density at radius 2 is 1.84 bits per heavy atom. The van der Waals surface area contributed by atoms with Gasteiger partial charge in [0.1, 0.15) is 11.3 Å². The van der Waals surface area contributed by atoms with E-state index in [2.05, 4.69) is 20.8 Å². The monoisotopic (exact) mass is 489 g/mol. The lowest BCUT2D eigenvalue weighted by Gasteiger charge is -2.30. The van der Waals surface area contributed by atoms with Crippen molar-refractivity contribution in [2.75, 3.05) is 31.8 Å². The smallest absolute Gasteiger partial charge is 0.271 e. The van der Waals surface area contributed by atoms with E-state index in [-0.39, 0.29) is 38.8 Å². The van der Waals surface area contributed by atoms with E-state index in [0.717, 1.165) is 6.26 Å². The molecule has 3 N–H and O–H groups in total. The van der Waals surface area contributed by atoms with Crippen LogP contribution in [-0.4, -0.2) is 67.2 Å². The number of hydrogen-bond donors (Lipinski definition) is 3. The number of rotatable bonds is 6. The van der Waals surface area contributed by atoms with Crippen LogP contribution in [-0.2, 0) is 10.0 Å². The summed E-state index contributed by atoms with van der Waals surface area (Å²) in [5.41, 5.74) is 0.225. The normalized spacial score (nSPS) is 15.5. The first kappa shape index (κ1) is 23.3. The number of methoxy groups -OCH3 is 1. The van der Waals surface area contributed by atoms with Gasteiger partial charge in [-0.3, -0.25) is 14.7 Å². The fraction of sp³-hybridized carbons (Fsp3) is 0.389. The van der Waals surface area contributed by atoms with Gasteiger partial charge in [-0.15, -0.1) is 0 Å². The number of nitrogens with zero attached hydrogens (tertiary/aromatic N) is 2. The Hall–Kier alpha value is -2.34. The van der Waals surface area contributed by atoms with Crippen molar-refractivity contribution in [1.29, 1.82) is 0 Å². The van der Waals surface area contributed by atoms with Crippen LogP contribution < -0.4 is 15.4 Å². The summed E-state index contributed by atoms with van der Waals surface area (Å²) in [5, 5.41) is 12.2. The summed E-state index contributed by atoms with van der Waals surface area (Å²) in [4.78, 5) is 25.5. The van der Waals surface area contributed by atoms with Gasteiger partial charge in [0.05, 0.1) is 35.3 Å². The molecule has 2 aromatic rings. The zero-order valence-corrected chi connectivity index (χ0v) is 19.1. The molecule has 13 heteroatoms. The van der Waals surface area contributed by atoms with Crippen LogP contribution in [0, 0.1) is 0 Å². The molecular weight excluding hydrogens is 469 g/mol. The average Bonchev–Trinajstić information content (AvgIpc) is 3.17. The number of halogens is 2. The Balaban J connectivity index is 1.70. The Kier molecular flexibility index (Phi) is 7.10. The van der Waals surface area contributed by atoms with Crippen molar-refractivity contribution in [3.63, 3.8) is 0 Å². The molecule has 0 bridgehead atoms. The maximum absolute atomic E-state index is 12.8. The predicted molar refractivity (Wildman–Crippen MR) is 116 cm³/mol. The largest absolute Gasteiger partial charge is 0.494 e. The topological polar surface area (TPSA) is 133 Å². The number of anilines is 1. The molecule has 0 unspecified atom stereocenters. The lowest BCUT2D eigenvalue weighted by Crippen LogP contribution is -2.46. The van der Waals surface area contributed by atoms with Gasteiger partial charge in [0.15, 0.2) is 5.75 Å². The standard InChI is InChI=1S/C18H21Cl2N5O5S/c1-30-16-12(20)4-3-11(19)14(16)17(26)23-13-9-21-24-15(13)18(27)22-10-5-7-25(8-6-10)31(2,28)29/h3-4,9-10H,5-8H2,1-2H3,(H,21,24)(H,22,27)(H,23,26). The molecule has 0 saturated carbocycles. The first-order valence-corrected chi connectivity index (χ1v) is 11.8. The summed E-state index contributed by atoms with van der Waals surface area (Å²) >= 11 is 12.2. The molecule has 1 aromatic heterocycles. The molecule has 3 rings (SSSR count). The van der Waals surface area contributed by atoms with Gasteiger partial charge in [-0.2, -0.15) is 5.10 Å². The SMILES string of the molecule is COc1c(Cl)ccc(Cl)c1C(=O)Nc1cn[nH]c1C(=O)NC1CCN(S(C)(=O)=O)CC1. The van der Waals surface area contributed by atoms with Gasteiger partial charge >= 0.3 is 0 Å². The first-order chi connectivity index (χ1) is 14.6. The molecule has 0 atom stereocenters. The van der Waals surface area contributed by atoms with Crippen molar-refractivity contribution >= 4 is 50.7 Å². The van der Waals surface area contributed by atoms with Gasteiger partial charge in [0.2, 0.25) is 10.0 Å². The Labute approximate surface area is 189 Å². The molecule has 1 saturated heterocycles. The van der Waals surface area contributed by atoms with Crippen molar-refractivity contribution in [3.05, 3.63) is 39.6 Å². The highest BCUT2D eigenvalue weighted by atomic mass is 35.5. The lowest BCUT2D eigenvalue weighted by molar-refractivity contribution is 0.0919. The van der Waals surface area contributed by atoms with E-state index < -0.39 is 21.8 Å². The van der Waals surface area contributed by atoms with Crippen LogP contribution >= 0.6 is 23.2 Å². The predicted octanol–water partition coefficient (Wildman–Crippen LogP) is 2.13. The Bertz CT molecular complexity index is 1100. The second kappa shape index (κ2) is 9.43. The number of carbonyl (C=O) groups excluding carboxylic acids is 2. The Morgan fingerprint density at radius 1 is 1.19 bits per heavy atom. The summed E-state index contributed by atoms with van der Waals surface area (Å²) in [6.07, 6.45) is 3.41. The van der Waals surface area contributed by atoms with E-state index in [1.807, 2.05) is 0 Å². The average molecular weight is 490 g/mol. The third-order valence-electron chi connectivity index (χ3n) is 4.86. The number of ether oxygens (including phenoxy) is 1. The van der Waals surface area contributed by atoms with Crippen molar-refractivity contribution in [2.24, 2.45) is 0 Å². The molecule has 2 amide bonds. The van der Waals surface area contributed by atoms with E-state index >= 15 is 0 Å². The minimum Gasteiger partial charge on any atom is -0.494 e. The number of amides is 2. The summed E-state index contributed by atoms with van der Waals surface area (Å²) in [7, 11) is -1.89. The van der Waals surface area contributed by atoms with Crippen molar-refractivity contribution in [3.8, 4) is 5.75 Å². The third kappa shape index (κ3) is 5.29. The number of piperidine rings is 1. The summed E-state index contributed by atoms with van der Waals surface area (Å²) in [6, 6.07) is 2.76. The number of aromatic nitrogens is 2. The summed E-state index contributed by atoms with van der Waals surface area (Å²) < 4.78 is 29.8. The fourth-order valence-electron chi connectivity index (χ4n) is 3.27. The van der Waals surface area contributed by atoms with Gasteiger partial charge in [0, 0.05) is 19.1 Å². The van der Waals surface area contributed by atoms with Crippen molar-refractivity contribution < 1.29 is 22.7 Å². The van der Waals surface area contributed by atoms with Crippen LogP contribution in [0.2, 0.25) is 10.0 Å². The number of H-pyrrole nitrogens is 1. The first-order valence-electron chi connectivity index (χ1n) is 9.24. The molecule has 168 valence electrons. The molecular formula is C18H21Cl2N5O5S. The fourth-order valence-corrected chi connectivity index (χ4v) is 4.62. The molecule has 2 heterocycles. The highest BCUT2D eigenvalue weighted by Gasteiger charge is 2.28. The molecule has 10 nitrogen and oxygen atoms in total. The van der Waals surface area contributed by atoms with Crippen LogP contribution in [0.4, 0.5) is 5.69 Å². The molecule has 0 radical (unpaired) electrons. The number of hydrogen-bond acceptors (Lipinski definition) is 6. The van der Waals surface area contributed by atoms with E-state index in [1.54, 1.807) is 0 Å². The molecule has 1 aliphatic heterocycles. The highest BCUT2D eigenvalue weighted by Crippen LogP contribution is 2.34. The zero-order chi connectivity index (χ0) is 22.8. The van der Waals surface area contributed by atoms with Crippen LogP contribution in [0.5, 0.6) is 5.75 Å². The van der Waals surface area contributed by atoms with Crippen LogP contribution in [0.1, 0.15) is 33.7 Å². The summed E-state index contributed by atoms with van der Waals surface area (Å²) in [6.45, 7) is 0.646. The van der Waals surface area contributed by atoms with Crippen molar-refractivity contribution in [1.82, 2.24) is 19.8 Å². The van der Waals surface area contributed by atoms with E-state index in [4.69, 9.17) is 27.9 Å². The van der Waals surface area contributed by atoms with Gasteiger partial charge in [-0.25, -0.2) is 12.7 Å². The quantitative estimate of drug-likeness (QED) is 0.568. The molecule has 31 heavy (non-hydrogen) atoms. The van der Waals surface area contributed by atoms with Gasteiger partial charge in [0.25, 0.3) is 11.8 Å². The lowest BCUT2D eigenvalue weighted by atomic mass is 10.1. The molecule has 0 aliphatic carbocycles. The van der Waals surface area contributed by atoms with Crippen molar-refractivity contribution in [2.45, 2.75) is 18.9 Å². The van der Waals surface area contributed by atoms with Gasteiger partial charge in [-0.05, 0) is 25.0 Å². The van der Waals surface area contributed by atoms with E-state index in [0.29, 0.717) is 25.9 Å². The number of nitrogens with one attached hydrogen (secondary N) is 3. The van der Waals surface area contributed by atoms with Crippen LogP contribution in [0.3, 0.4) is 0 Å². The summed E-state index contributed by atoms with van der Waals surface area (Å²) in [5.74, 6) is -0.991. The molecule has 0 spiro atoms. The molecule has 1 aromatic carbocycles. The maximum atomic E-state index is 12.8. The Morgan fingerprint density at radius 3 is 2.45 bits per heavy atom. The molecule has 1 aliphatic rings. The number of aromatic amines is 1. The van der Waals surface area contributed by atoms with Gasteiger partial charge in [-0.1, -0.05) is 23.2 Å². The number of benzene rings is 1. The van der Waals surface area contributed by atoms with Crippen LogP contribution in [0.15, 0.2) is 18.3 Å². The van der Waals surface area contributed by atoms with Gasteiger partial charge < -0.3 is 15.4 Å². The third-order valence-corrected chi connectivity index (χ3v) is 6.78. The minimum absolute atomic E-state index is 0.0253. The number of sulfonamides is 1. The van der Waals surface area contributed by atoms with E-state index in [1.165, 1.54) is 29.7 Å². The van der Waals surface area contributed by atoms with Crippen LogP contribution in [0.25, 0.3) is 0 Å². The highest BCUT2D eigenvalue weighted by molar-refractivity contribution is 7.88. The maximum Gasteiger partial charge on any atom is 0.271 e. The minimum atomic E-state index is -3.25.